The number of ether oxygens (including phenoxy) is 1. The van der Waals surface area contributed by atoms with Gasteiger partial charge in [0.2, 0.25) is 15.9 Å². The van der Waals surface area contributed by atoms with Crippen molar-refractivity contribution in [2.75, 3.05) is 19.7 Å². The number of aryl methyl sites for hydroxylation is 1. The number of hydrogen-bond donors (Lipinski definition) is 2. The Balaban J connectivity index is 1.78. The van der Waals surface area contributed by atoms with E-state index in [2.05, 4.69) is 10.0 Å². The molecule has 1 fully saturated rings. The van der Waals surface area contributed by atoms with Crippen molar-refractivity contribution in [2.45, 2.75) is 50.5 Å². The summed E-state index contributed by atoms with van der Waals surface area (Å²) in [5.41, 5.74) is 0.940. The highest BCUT2D eigenvalue weighted by molar-refractivity contribution is 7.89. The van der Waals surface area contributed by atoms with Gasteiger partial charge in [0.05, 0.1) is 11.0 Å². The van der Waals surface area contributed by atoms with Crippen LogP contribution in [0.1, 0.15) is 38.7 Å². The van der Waals surface area contributed by atoms with Crippen LogP contribution >= 0.6 is 0 Å². The highest BCUT2D eigenvalue weighted by atomic mass is 32.2. The van der Waals surface area contributed by atoms with Gasteiger partial charge in [-0.2, -0.15) is 0 Å². The summed E-state index contributed by atoms with van der Waals surface area (Å²) in [7, 11) is -3.46. The summed E-state index contributed by atoms with van der Waals surface area (Å²) >= 11 is 0. The van der Waals surface area contributed by atoms with Crippen molar-refractivity contribution in [3.63, 3.8) is 0 Å². The topological polar surface area (TPSA) is 84.5 Å². The minimum Gasteiger partial charge on any atom is -0.376 e. The first-order valence-electron chi connectivity index (χ1n) is 8.84. The van der Waals surface area contributed by atoms with E-state index in [1.807, 2.05) is 13.8 Å². The molecule has 1 aromatic carbocycles. The van der Waals surface area contributed by atoms with Crippen LogP contribution in [0, 0.1) is 5.92 Å². The molecule has 0 spiro atoms. The lowest BCUT2D eigenvalue weighted by molar-refractivity contribution is -0.121. The van der Waals surface area contributed by atoms with Crippen molar-refractivity contribution in [3.05, 3.63) is 29.8 Å². The van der Waals surface area contributed by atoms with E-state index in [-0.39, 0.29) is 22.8 Å². The van der Waals surface area contributed by atoms with Crippen LogP contribution in [0.25, 0.3) is 0 Å². The molecule has 1 saturated heterocycles. The number of sulfonamides is 1. The number of nitrogens with one attached hydrogen (secondary N) is 2. The minimum atomic E-state index is -3.46. The van der Waals surface area contributed by atoms with E-state index in [9.17, 15) is 13.2 Å². The maximum absolute atomic E-state index is 12.1. The van der Waals surface area contributed by atoms with Crippen LogP contribution in [0.15, 0.2) is 29.2 Å². The molecule has 2 N–H and O–H groups in total. The summed E-state index contributed by atoms with van der Waals surface area (Å²) in [4.78, 5) is 12.1. The van der Waals surface area contributed by atoms with E-state index < -0.39 is 10.0 Å². The number of carbonyl (C=O) groups excluding carboxylic acids is 1. The molecule has 25 heavy (non-hydrogen) atoms. The molecule has 0 radical (unpaired) electrons. The standard InChI is InChI=1S/C18H28N2O4S/c1-14(2)12-20-25(22,23)17-8-5-15(6-9-17)7-10-18(21)19-13-16-4-3-11-24-16/h5-6,8-9,14,16,20H,3-4,7,10-13H2,1-2H3,(H,19,21)/t16-/m1/s1. The fourth-order valence-corrected chi connectivity index (χ4v) is 3.79. The molecule has 1 atom stereocenters. The summed E-state index contributed by atoms with van der Waals surface area (Å²) in [6.07, 6.45) is 3.16. The van der Waals surface area contributed by atoms with Crippen molar-refractivity contribution in [1.82, 2.24) is 10.0 Å². The lowest BCUT2D eigenvalue weighted by Gasteiger charge is -2.11. The molecule has 1 aliphatic heterocycles. The molecule has 0 aliphatic carbocycles. The molecule has 1 aromatic rings. The zero-order chi connectivity index (χ0) is 18.3. The Morgan fingerprint density at radius 1 is 1.28 bits per heavy atom. The molecule has 1 amide bonds. The molecular weight excluding hydrogens is 340 g/mol. The monoisotopic (exact) mass is 368 g/mol. The van der Waals surface area contributed by atoms with Crippen LogP contribution in [0.2, 0.25) is 0 Å². The maximum Gasteiger partial charge on any atom is 0.240 e. The van der Waals surface area contributed by atoms with Crippen molar-refractivity contribution < 1.29 is 17.9 Å². The molecule has 0 saturated carbocycles. The Morgan fingerprint density at radius 3 is 2.60 bits per heavy atom. The predicted molar refractivity (Wildman–Crippen MR) is 96.8 cm³/mol. The average molecular weight is 368 g/mol. The largest absolute Gasteiger partial charge is 0.376 e. The van der Waals surface area contributed by atoms with Gasteiger partial charge in [0.1, 0.15) is 0 Å². The molecular formula is C18H28N2O4S. The van der Waals surface area contributed by atoms with Gasteiger partial charge in [-0.05, 0) is 42.9 Å². The molecule has 1 heterocycles. The van der Waals surface area contributed by atoms with E-state index in [1.165, 1.54) is 0 Å². The third-order valence-corrected chi connectivity index (χ3v) is 5.55. The molecule has 140 valence electrons. The zero-order valence-electron chi connectivity index (χ0n) is 15.0. The van der Waals surface area contributed by atoms with Crippen LogP contribution in [-0.2, 0) is 26.0 Å². The quantitative estimate of drug-likeness (QED) is 0.697. The number of hydrogen-bond acceptors (Lipinski definition) is 4. The van der Waals surface area contributed by atoms with E-state index in [0.29, 0.717) is 25.9 Å². The fraction of sp³-hybridized carbons (Fsp3) is 0.611. The van der Waals surface area contributed by atoms with Gasteiger partial charge in [0.15, 0.2) is 0 Å². The molecule has 7 heteroatoms. The molecule has 6 nitrogen and oxygen atoms in total. The Labute approximate surface area is 150 Å². The zero-order valence-corrected chi connectivity index (χ0v) is 15.8. The van der Waals surface area contributed by atoms with Gasteiger partial charge in [-0.1, -0.05) is 26.0 Å². The second-order valence-electron chi connectivity index (χ2n) is 6.83. The summed E-state index contributed by atoms with van der Waals surface area (Å²) in [5, 5.41) is 2.89. The van der Waals surface area contributed by atoms with Gasteiger partial charge in [-0.3, -0.25) is 4.79 Å². The van der Waals surface area contributed by atoms with E-state index >= 15 is 0 Å². The molecule has 0 unspecified atom stereocenters. The fourth-order valence-electron chi connectivity index (χ4n) is 2.57. The molecule has 0 aromatic heterocycles. The lowest BCUT2D eigenvalue weighted by Crippen LogP contribution is -2.31. The van der Waals surface area contributed by atoms with Gasteiger partial charge in [-0.15, -0.1) is 0 Å². The molecule has 0 bridgehead atoms. The predicted octanol–water partition coefficient (Wildman–Crippen LogP) is 1.85. The van der Waals surface area contributed by atoms with Crippen LogP contribution in [-0.4, -0.2) is 40.1 Å². The van der Waals surface area contributed by atoms with E-state index in [0.717, 1.165) is 25.0 Å². The van der Waals surface area contributed by atoms with E-state index in [1.54, 1.807) is 24.3 Å². The third kappa shape index (κ3) is 6.76. The highest BCUT2D eigenvalue weighted by Crippen LogP contribution is 2.13. The summed E-state index contributed by atoms with van der Waals surface area (Å²) in [5.74, 6) is 0.244. The normalized spacial score (nSPS) is 17.8. The minimum absolute atomic E-state index is 0.00852. The van der Waals surface area contributed by atoms with Crippen LogP contribution < -0.4 is 10.0 Å². The van der Waals surface area contributed by atoms with Gasteiger partial charge in [0, 0.05) is 26.1 Å². The third-order valence-electron chi connectivity index (χ3n) is 4.11. The maximum atomic E-state index is 12.1. The average Bonchev–Trinajstić information content (AvgIpc) is 3.10. The Bertz CT molecular complexity index is 650. The van der Waals surface area contributed by atoms with Crippen molar-refractivity contribution >= 4 is 15.9 Å². The van der Waals surface area contributed by atoms with Crippen molar-refractivity contribution in [3.8, 4) is 0 Å². The van der Waals surface area contributed by atoms with Crippen LogP contribution in [0.5, 0.6) is 0 Å². The smallest absolute Gasteiger partial charge is 0.240 e. The number of amides is 1. The Kier molecular flexibility index (Phi) is 7.40. The number of carbonyl (C=O) groups is 1. The molecule has 1 aliphatic rings. The Morgan fingerprint density at radius 2 is 2.00 bits per heavy atom. The van der Waals surface area contributed by atoms with Gasteiger partial charge in [0.25, 0.3) is 0 Å². The first-order valence-corrected chi connectivity index (χ1v) is 10.3. The second kappa shape index (κ2) is 9.31. The first kappa shape index (κ1) is 19.9. The lowest BCUT2D eigenvalue weighted by atomic mass is 10.1. The SMILES string of the molecule is CC(C)CNS(=O)(=O)c1ccc(CCC(=O)NC[C@H]2CCCO2)cc1. The number of benzene rings is 1. The highest BCUT2D eigenvalue weighted by Gasteiger charge is 2.16. The van der Waals surface area contributed by atoms with Crippen molar-refractivity contribution in [1.29, 1.82) is 0 Å². The summed E-state index contributed by atoms with van der Waals surface area (Å²) in [6, 6.07) is 6.69. The van der Waals surface area contributed by atoms with Crippen molar-refractivity contribution in [2.24, 2.45) is 5.92 Å². The first-order chi connectivity index (χ1) is 11.9. The van der Waals surface area contributed by atoms with Gasteiger partial charge >= 0.3 is 0 Å². The molecule has 2 rings (SSSR count). The van der Waals surface area contributed by atoms with Gasteiger partial charge in [-0.25, -0.2) is 13.1 Å². The van der Waals surface area contributed by atoms with E-state index in [4.69, 9.17) is 4.74 Å². The summed E-state index contributed by atoms with van der Waals surface area (Å²) < 4.78 is 32.3. The number of rotatable bonds is 9. The van der Waals surface area contributed by atoms with Crippen LogP contribution in [0.4, 0.5) is 0 Å². The second-order valence-corrected chi connectivity index (χ2v) is 8.60. The summed E-state index contributed by atoms with van der Waals surface area (Å²) in [6.45, 7) is 5.67. The van der Waals surface area contributed by atoms with Crippen LogP contribution in [0.3, 0.4) is 0 Å². The Hall–Kier alpha value is -1.44. The van der Waals surface area contributed by atoms with Gasteiger partial charge < -0.3 is 10.1 Å².